The van der Waals surface area contributed by atoms with Gasteiger partial charge in [0.05, 0.1) is 0 Å². The molecule has 76 valence electrons. The average Bonchev–Trinajstić information content (AvgIpc) is 2.47. The second kappa shape index (κ2) is 3.70. The number of hydrogen-bond acceptors (Lipinski definition) is 1. The SMILES string of the molecule is CC(C)CC1NCc2cc(F)ccc21. The maximum Gasteiger partial charge on any atom is 0.123 e. The van der Waals surface area contributed by atoms with E-state index in [2.05, 4.69) is 19.2 Å². The first-order valence-corrected chi connectivity index (χ1v) is 5.18. The van der Waals surface area contributed by atoms with Crippen molar-refractivity contribution >= 4 is 0 Å². The highest BCUT2D eigenvalue weighted by Gasteiger charge is 2.22. The molecule has 0 fully saturated rings. The van der Waals surface area contributed by atoms with E-state index in [0.717, 1.165) is 18.5 Å². The number of benzene rings is 1. The van der Waals surface area contributed by atoms with Crippen LogP contribution in [0.1, 0.15) is 37.4 Å². The molecular weight excluding hydrogens is 177 g/mol. The van der Waals surface area contributed by atoms with Crippen molar-refractivity contribution in [1.29, 1.82) is 0 Å². The standard InChI is InChI=1S/C12H16FN/c1-8(2)5-12-11-4-3-10(13)6-9(11)7-14-12/h3-4,6,8,12,14H,5,7H2,1-2H3. The second-order valence-electron chi connectivity index (χ2n) is 4.41. The summed E-state index contributed by atoms with van der Waals surface area (Å²) in [6.07, 6.45) is 1.12. The monoisotopic (exact) mass is 193 g/mol. The fraction of sp³-hybridized carbons (Fsp3) is 0.500. The van der Waals surface area contributed by atoms with Gasteiger partial charge in [-0.05, 0) is 35.6 Å². The summed E-state index contributed by atoms with van der Waals surface area (Å²) in [5.41, 5.74) is 2.40. The van der Waals surface area contributed by atoms with Gasteiger partial charge >= 0.3 is 0 Å². The van der Waals surface area contributed by atoms with Crippen molar-refractivity contribution in [2.24, 2.45) is 5.92 Å². The minimum Gasteiger partial charge on any atom is -0.306 e. The zero-order chi connectivity index (χ0) is 10.1. The lowest BCUT2D eigenvalue weighted by atomic mass is 9.97. The summed E-state index contributed by atoms with van der Waals surface area (Å²) in [7, 11) is 0. The Hall–Kier alpha value is -0.890. The fourth-order valence-electron chi connectivity index (χ4n) is 2.09. The van der Waals surface area contributed by atoms with Gasteiger partial charge in [-0.15, -0.1) is 0 Å². The molecule has 2 heteroatoms. The van der Waals surface area contributed by atoms with Crippen LogP contribution < -0.4 is 5.32 Å². The Balaban J connectivity index is 2.22. The molecule has 0 radical (unpaired) electrons. The van der Waals surface area contributed by atoms with Crippen LogP contribution in [-0.2, 0) is 6.54 Å². The molecule has 0 aliphatic carbocycles. The van der Waals surface area contributed by atoms with Crippen molar-refractivity contribution < 1.29 is 4.39 Å². The Kier molecular flexibility index (Phi) is 2.55. The zero-order valence-electron chi connectivity index (χ0n) is 8.68. The van der Waals surface area contributed by atoms with E-state index in [1.54, 1.807) is 12.1 Å². The van der Waals surface area contributed by atoms with Crippen LogP contribution in [-0.4, -0.2) is 0 Å². The van der Waals surface area contributed by atoms with Crippen LogP contribution in [0, 0.1) is 11.7 Å². The Bertz CT molecular complexity index is 333. The van der Waals surface area contributed by atoms with Gasteiger partial charge in [-0.25, -0.2) is 4.39 Å². The van der Waals surface area contributed by atoms with Crippen LogP contribution in [0.15, 0.2) is 18.2 Å². The van der Waals surface area contributed by atoms with Gasteiger partial charge in [0.2, 0.25) is 0 Å². The van der Waals surface area contributed by atoms with Crippen molar-refractivity contribution in [3.05, 3.63) is 35.1 Å². The molecule has 1 nitrogen and oxygen atoms in total. The maximum absolute atomic E-state index is 12.9. The van der Waals surface area contributed by atoms with Crippen LogP contribution >= 0.6 is 0 Å². The highest BCUT2D eigenvalue weighted by Crippen LogP contribution is 2.30. The maximum atomic E-state index is 12.9. The third kappa shape index (κ3) is 1.80. The molecule has 0 bridgehead atoms. The highest BCUT2D eigenvalue weighted by molar-refractivity contribution is 5.34. The molecule has 1 atom stereocenters. The third-order valence-corrected chi connectivity index (χ3v) is 2.73. The summed E-state index contributed by atoms with van der Waals surface area (Å²) in [4.78, 5) is 0. The Morgan fingerprint density at radius 2 is 2.29 bits per heavy atom. The normalized spacial score (nSPS) is 20.1. The van der Waals surface area contributed by atoms with Crippen molar-refractivity contribution in [3.63, 3.8) is 0 Å². The first-order chi connectivity index (χ1) is 6.66. The molecule has 0 aromatic heterocycles. The molecule has 0 amide bonds. The van der Waals surface area contributed by atoms with Crippen LogP contribution in [0.5, 0.6) is 0 Å². The molecule has 14 heavy (non-hydrogen) atoms. The van der Waals surface area contributed by atoms with Gasteiger partial charge in [0.15, 0.2) is 0 Å². The quantitative estimate of drug-likeness (QED) is 0.761. The minimum atomic E-state index is -0.129. The smallest absolute Gasteiger partial charge is 0.123 e. The molecular formula is C12H16FN. The average molecular weight is 193 g/mol. The van der Waals surface area contributed by atoms with E-state index in [-0.39, 0.29) is 5.82 Å². The van der Waals surface area contributed by atoms with E-state index < -0.39 is 0 Å². The molecule has 1 aromatic carbocycles. The van der Waals surface area contributed by atoms with Crippen molar-refractivity contribution in [2.45, 2.75) is 32.9 Å². The summed E-state index contributed by atoms with van der Waals surface area (Å²) in [6, 6.07) is 5.53. The van der Waals surface area contributed by atoms with Crippen LogP contribution in [0.25, 0.3) is 0 Å². The molecule has 0 saturated heterocycles. The van der Waals surface area contributed by atoms with Gasteiger partial charge in [-0.1, -0.05) is 19.9 Å². The third-order valence-electron chi connectivity index (χ3n) is 2.73. The van der Waals surface area contributed by atoms with E-state index in [1.165, 1.54) is 5.56 Å². The summed E-state index contributed by atoms with van der Waals surface area (Å²) < 4.78 is 12.9. The fourth-order valence-corrected chi connectivity index (χ4v) is 2.09. The molecule has 2 rings (SSSR count). The summed E-state index contributed by atoms with van der Waals surface area (Å²) in [5.74, 6) is 0.541. The lowest BCUT2D eigenvalue weighted by Crippen LogP contribution is -2.13. The van der Waals surface area contributed by atoms with Gasteiger partial charge in [0.1, 0.15) is 5.82 Å². The molecule has 1 aromatic rings. The van der Waals surface area contributed by atoms with E-state index in [0.29, 0.717) is 12.0 Å². The first kappa shape index (κ1) is 9.66. The van der Waals surface area contributed by atoms with Crippen molar-refractivity contribution in [3.8, 4) is 0 Å². The van der Waals surface area contributed by atoms with Crippen LogP contribution in [0.4, 0.5) is 4.39 Å². The number of hydrogen-bond donors (Lipinski definition) is 1. The van der Waals surface area contributed by atoms with E-state index in [4.69, 9.17) is 0 Å². The summed E-state index contributed by atoms with van der Waals surface area (Å²) >= 11 is 0. The van der Waals surface area contributed by atoms with E-state index in [1.807, 2.05) is 6.07 Å². The van der Waals surface area contributed by atoms with Gasteiger partial charge in [-0.2, -0.15) is 0 Å². The Labute approximate surface area is 84.3 Å². The predicted molar refractivity (Wildman–Crippen MR) is 55.4 cm³/mol. The number of halogens is 1. The van der Waals surface area contributed by atoms with Gasteiger partial charge < -0.3 is 5.32 Å². The topological polar surface area (TPSA) is 12.0 Å². The second-order valence-corrected chi connectivity index (χ2v) is 4.41. The summed E-state index contributed by atoms with van der Waals surface area (Å²) in [6.45, 7) is 5.23. The lowest BCUT2D eigenvalue weighted by Gasteiger charge is -2.14. The Morgan fingerprint density at radius 1 is 1.50 bits per heavy atom. The summed E-state index contributed by atoms with van der Waals surface area (Å²) in [5, 5.41) is 3.41. The van der Waals surface area contributed by atoms with Crippen LogP contribution in [0.3, 0.4) is 0 Å². The molecule has 0 saturated carbocycles. The lowest BCUT2D eigenvalue weighted by molar-refractivity contribution is 0.455. The number of fused-ring (bicyclic) bond motifs is 1. The molecule has 1 aliphatic rings. The highest BCUT2D eigenvalue weighted by atomic mass is 19.1. The van der Waals surface area contributed by atoms with Crippen molar-refractivity contribution in [1.82, 2.24) is 5.32 Å². The Morgan fingerprint density at radius 3 is 3.00 bits per heavy atom. The molecule has 1 heterocycles. The largest absolute Gasteiger partial charge is 0.306 e. The van der Waals surface area contributed by atoms with Gasteiger partial charge in [0.25, 0.3) is 0 Å². The molecule has 0 spiro atoms. The minimum absolute atomic E-state index is 0.129. The van der Waals surface area contributed by atoms with E-state index in [9.17, 15) is 4.39 Å². The van der Waals surface area contributed by atoms with Gasteiger partial charge in [0, 0.05) is 12.6 Å². The molecule has 1 unspecified atom stereocenters. The number of nitrogens with one attached hydrogen (secondary N) is 1. The van der Waals surface area contributed by atoms with Crippen molar-refractivity contribution in [2.75, 3.05) is 0 Å². The van der Waals surface area contributed by atoms with E-state index >= 15 is 0 Å². The van der Waals surface area contributed by atoms with Gasteiger partial charge in [-0.3, -0.25) is 0 Å². The molecule has 1 N–H and O–H groups in total. The zero-order valence-corrected chi connectivity index (χ0v) is 8.68. The molecule has 1 aliphatic heterocycles. The first-order valence-electron chi connectivity index (χ1n) is 5.18. The predicted octanol–water partition coefficient (Wildman–Crippen LogP) is 3.02. The van der Waals surface area contributed by atoms with Crippen LogP contribution in [0.2, 0.25) is 0 Å². The number of rotatable bonds is 2.